The molecular weight excluding hydrogens is 269 g/mol. The Balaban J connectivity index is 1.96. The van der Waals surface area contributed by atoms with Gasteiger partial charge in [-0.2, -0.15) is 0 Å². The third-order valence-electron chi connectivity index (χ3n) is 3.07. The fourth-order valence-corrected chi connectivity index (χ4v) is 2.49. The van der Waals surface area contributed by atoms with E-state index in [0.717, 1.165) is 18.4 Å². The van der Waals surface area contributed by atoms with Gasteiger partial charge in [0.15, 0.2) is 0 Å². The lowest BCUT2D eigenvalue weighted by Gasteiger charge is -2.09. The monoisotopic (exact) mass is 283 g/mol. The second kappa shape index (κ2) is 6.26. The van der Waals surface area contributed by atoms with E-state index in [9.17, 15) is 4.79 Å². The maximum atomic E-state index is 11.7. The Morgan fingerprint density at radius 2 is 2.00 bits per heavy atom. The first-order chi connectivity index (χ1) is 8.65. The quantitative estimate of drug-likeness (QED) is 0.833. The van der Waals surface area contributed by atoms with Gasteiger partial charge in [0.05, 0.1) is 0 Å². The van der Waals surface area contributed by atoms with Gasteiger partial charge in [-0.05, 0) is 42.7 Å². The van der Waals surface area contributed by atoms with Crippen LogP contribution >= 0.6 is 23.2 Å². The van der Waals surface area contributed by atoms with Gasteiger partial charge in [-0.15, -0.1) is 0 Å². The predicted octanol–water partition coefficient (Wildman–Crippen LogP) is 4.07. The van der Waals surface area contributed by atoms with Crippen LogP contribution in [0.1, 0.15) is 31.2 Å². The Kier molecular flexibility index (Phi) is 4.67. The van der Waals surface area contributed by atoms with E-state index >= 15 is 0 Å². The fraction of sp³-hybridized carbons (Fsp3) is 0.357. The van der Waals surface area contributed by atoms with Crippen molar-refractivity contribution in [2.45, 2.75) is 31.7 Å². The van der Waals surface area contributed by atoms with Crippen LogP contribution in [-0.4, -0.2) is 11.9 Å². The van der Waals surface area contributed by atoms with Crippen molar-refractivity contribution in [1.29, 1.82) is 0 Å². The SMILES string of the molecule is O=C(C=Cc1cc(Cl)ccc1Cl)NC1CCCC1. The van der Waals surface area contributed by atoms with Crippen molar-refractivity contribution in [3.63, 3.8) is 0 Å². The molecule has 1 aliphatic rings. The zero-order chi connectivity index (χ0) is 13.0. The number of amides is 1. The Hall–Kier alpha value is -0.990. The summed E-state index contributed by atoms with van der Waals surface area (Å²) in [5.41, 5.74) is 0.755. The minimum absolute atomic E-state index is 0.0713. The fourth-order valence-electron chi connectivity index (χ4n) is 2.13. The maximum absolute atomic E-state index is 11.7. The van der Waals surface area contributed by atoms with E-state index in [1.807, 2.05) is 0 Å². The molecule has 1 aliphatic carbocycles. The van der Waals surface area contributed by atoms with Crippen LogP contribution in [0, 0.1) is 0 Å². The first-order valence-electron chi connectivity index (χ1n) is 6.09. The summed E-state index contributed by atoms with van der Waals surface area (Å²) in [6, 6.07) is 5.51. The van der Waals surface area contributed by atoms with Gasteiger partial charge < -0.3 is 5.32 Å². The van der Waals surface area contributed by atoms with Gasteiger partial charge in [0, 0.05) is 22.2 Å². The molecule has 1 saturated carbocycles. The van der Waals surface area contributed by atoms with Gasteiger partial charge in [0.1, 0.15) is 0 Å². The van der Waals surface area contributed by atoms with Crippen LogP contribution in [0.5, 0.6) is 0 Å². The van der Waals surface area contributed by atoms with E-state index in [1.54, 1.807) is 24.3 Å². The smallest absolute Gasteiger partial charge is 0.244 e. The lowest BCUT2D eigenvalue weighted by atomic mass is 10.2. The molecule has 18 heavy (non-hydrogen) atoms. The number of hydrogen-bond donors (Lipinski definition) is 1. The lowest BCUT2D eigenvalue weighted by molar-refractivity contribution is -0.117. The highest BCUT2D eigenvalue weighted by Gasteiger charge is 2.15. The molecule has 4 heteroatoms. The topological polar surface area (TPSA) is 29.1 Å². The molecule has 0 unspecified atom stereocenters. The molecule has 0 saturated heterocycles. The molecule has 1 amide bonds. The van der Waals surface area contributed by atoms with Crippen LogP contribution in [0.15, 0.2) is 24.3 Å². The first kappa shape index (κ1) is 13.4. The van der Waals surface area contributed by atoms with Crippen LogP contribution in [0.2, 0.25) is 10.0 Å². The van der Waals surface area contributed by atoms with Gasteiger partial charge in [-0.3, -0.25) is 4.79 Å². The predicted molar refractivity (Wildman–Crippen MR) is 75.9 cm³/mol. The number of carbonyl (C=O) groups excluding carboxylic acids is 1. The minimum atomic E-state index is -0.0713. The average Bonchev–Trinajstić information content (AvgIpc) is 2.83. The molecule has 1 aromatic carbocycles. The normalized spacial score (nSPS) is 16.3. The highest BCUT2D eigenvalue weighted by Crippen LogP contribution is 2.22. The number of rotatable bonds is 3. The van der Waals surface area contributed by atoms with E-state index in [-0.39, 0.29) is 5.91 Å². The second-order valence-corrected chi connectivity index (χ2v) is 5.33. The van der Waals surface area contributed by atoms with Crippen LogP contribution in [0.4, 0.5) is 0 Å². The Labute approximate surface area is 117 Å². The van der Waals surface area contributed by atoms with Crippen molar-refractivity contribution in [3.05, 3.63) is 39.9 Å². The van der Waals surface area contributed by atoms with Crippen molar-refractivity contribution in [3.8, 4) is 0 Å². The van der Waals surface area contributed by atoms with Crippen LogP contribution < -0.4 is 5.32 Å². The number of hydrogen-bond acceptors (Lipinski definition) is 1. The molecular formula is C14H15Cl2NO. The van der Waals surface area contributed by atoms with E-state index in [0.29, 0.717) is 16.1 Å². The third kappa shape index (κ3) is 3.76. The minimum Gasteiger partial charge on any atom is -0.350 e. The summed E-state index contributed by atoms with van der Waals surface area (Å²) in [7, 11) is 0. The maximum Gasteiger partial charge on any atom is 0.244 e. The van der Waals surface area contributed by atoms with E-state index in [1.165, 1.54) is 18.9 Å². The largest absolute Gasteiger partial charge is 0.350 e. The zero-order valence-electron chi connectivity index (χ0n) is 9.96. The molecule has 0 radical (unpaired) electrons. The summed E-state index contributed by atoms with van der Waals surface area (Å²) in [6.45, 7) is 0. The van der Waals surface area contributed by atoms with Crippen LogP contribution in [0.25, 0.3) is 6.08 Å². The molecule has 0 bridgehead atoms. The van der Waals surface area contributed by atoms with Crippen molar-refractivity contribution in [2.24, 2.45) is 0 Å². The molecule has 0 aliphatic heterocycles. The Morgan fingerprint density at radius 1 is 1.28 bits per heavy atom. The molecule has 2 nitrogen and oxygen atoms in total. The number of benzene rings is 1. The lowest BCUT2D eigenvalue weighted by Crippen LogP contribution is -2.30. The third-order valence-corrected chi connectivity index (χ3v) is 3.65. The number of halogens is 2. The van der Waals surface area contributed by atoms with Crippen molar-refractivity contribution in [2.75, 3.05) is 0 Å². The molecule has 2 rings (SSSR count). The van der Waals surface area contributed by atoms with Gasteiger partial charge in [0.2, 0.25) is 5.91 Å². The zero-order valence-corrected chi connectivity index (χ0v) is 11.5. The summed E-state index contributed by atoms with van der Waals surface area (Å²) >= 11 is 11.9. The van der Waals surface area contributed by atoms with Gasteiger partial charge >= 0.3 is 0 Å². The molecule has 0 atom stereocenters. The summed E-state index contributed by atoms with van der Waals surface area (Å²) in [6.07, 6.45) is 7.77. The number of carbonyl (C=O) groups is 1. The highest BCUT2D eigenvalue weighted by atomic mass is 35.5. The standard InChI is InChI=1S/C14H15Cl2NO/c15-11-6-7-13(16)10(9-11)5-8-14(18)17-12-3-1-2-4-12/h5-9,12H,1-4H2,(H,17,18). The van der Waals surface area contributed by atoms with Crippen LogP contribution in [-0.2, 0) is 4.79 Å². The molecule has 0 spiro atoms. The summed E-state index contributed by atoms with van der Waals surface area (Å²) in [5.74, 6) is -0.0713. The molecule has 1 fully saturated rings. The average molecular weight is 284 g/mol. The van der Waals surface area contributed by atoms with Crippen LogP contribution in [0.3, 0.4) is 0 Å². The van der Waals surface area contributed by atoms with Gasteiger partial charge in [0.25, 0.3) is 0 Å². The molecule has 0 heterocycles. The first-order valence-corrected chi connectivity index (χ1v) is 6.84. The van der Waals surface area contributed by atoms with Gasteiger partial charge in [-0.1, -0.05) is 36.0 Å². The van der Waals surface area contributed by atoms with Crippen molar-refractivity contribution in [1.82, 2.24) is 5.32 Å². The molecule has 1 N–H and O–H groups in total. The number of nitrogens with one attached hydrogen (secondary N) is 1. The second-order valence-electron chi connectivity index (χ2n) is 4.49. The molecule has 0 aromatic heterocycles. The van der Waals surface area contributed by atoms with Crippen molar-refractivity contribution < 1.29 is 4.79 Å². The van der Waals surface area contributed by atoms with E-state index in [4.69, 9.17) is 23.2 Å². The van der Waals surface area contributed by atoms with E-state index < -0.39 is 0 Å². The summed E-state index contributed by atoms with van der Waals surface area (Å²) < 4.78 is 0. The Morgan fingerprint density at radius 3 is 2.72 bits per heavy atom. The highest BCUT2D eigenvalue weighted by molar-refractivity contribution is 6.34. The Bertz CT molecular complexity index is 465. The summed E-state index contributed by atoms with van der Waals surface area (Å²) in [4.78, 5) is 11.7. The molecule has 96 valence electrons. The summed E-state index contributed by atoms with van der Waals surface area (Å²) in [5, 5.41) is 4.18. The molecule has 1 aromatic rings. The van der Waals surface area contributed by atoms with E-state index in [2.05, 4.69) is 5.32 Å². The van der Waals surface area contributed by atoms with Crippen molar-refractivity contribution >= 4 is 35.2 Å². The van der Waals surface area contributed by atoms with Gasteiger partial charge in [-0.25, -0.2) is 0 Å².